The fraction of sp³-hybridized carbons (Fsp3) is 0.261. The van der Waals surface area contributed by atoms with Gasteiger partial charge in [-0.25, -0.2) is 9.78 Å². The second-order valence-corrected chi connectivity index (χ2v) is 7.93. The summed E-state index contributed by atoms with van der Waals surface area (Å²) < 4.78 is 5.20. The molecule has 1 N–H and O–H groups in total. The number of carbonyl (C=O) groups is 2. The molecule has 0 spiro atoms. The number of ether oxygens (including phenoxy) is 1. The summed E-state index contributed by atoms with van der Waals surface area (Å²) in [5, 5.41) is 10.5. The smallest absolute Gasteiger partial charge is 0.407 e. The SMILES string of the molecule is COc1ccc(-c2cc(Cl)c3ccc(C(=O)N4CCN(C(=O)O)CC4C)cc3n2)cc1. The van der Waals surface area contributed by atoms with Crippen LogP contribution in [0.5, 0.6) is 5.75 Å². The van der Waals surface area contributed by atoms with Crippen LogP contribution < -0.4 is 4.74 Å². The highest BCUT2D eigenvalue weighted by Gasteiger charge is 2.30. The molecule has 1 saturated heterocycles. The van der Waals surface area contributed by atoms with Gasteiger partial charge in [-0.1, -0.05) is 17.7 Å². The van der Waals surface area contributed by atoms with E-state index in [2.05, 4.69) is 0 Å². The van der Waals surface area contributed by atoms with Crippen molar-refractivity contribution in [1.29, 1.82) is 0 Å². The van der Waals surface area contributed by atoms with E-state index in [4.69, 9.17) is 21.3 Å². The summed E-state index contributed by atoms with van der Waals surface area (Å²) in [6.07, 6.45) is -0.963. The van der Waals surface area contributed by atoms with E-state index in [1.54, 1.807) is 36.3 Å². The standard InChI is InChI=1S/C23H22ClN3O4/c1-14-13-26(23(29)30)9-10-27(14)22(28)16-5-8-18-19(24)12-20(25-21(18)11-16)15-3-6-17(31-2)7-4-15/h3-8,11-12,14H,9-10,13H2,1-2H3,(H,29,30). The van der Waals surface area contributed by atoms with Gasteiger partial charge in [0, 0.05) is 42.2 Å². The Morgan fingerprint density at radius 2 is 1.87 bits per heavy atom. The number of nitrogens with zero attached hydrogens (tertiary/aromatic N) is 3. The summed E-state index contributed by atoms with van der Waals surface area (Å²) in [6, 6.07) is 14.4. The molecule has 0 bridgehead atoms. The van der Waals surface area contributed by atoms with Gasteiger partial charge in [-0.3, -0.25) is 4.79 Å². The first kappa shape index (κ1) is 20.9. The van der Waals surface area contributed by atoms with Crippen molar-refractivity contribution >= 4 is 34.5 Å². The van der Waals surface area contributed by atoms with E-state index in [1.807, 2.05) is 31.2 Å². The summed E-state index contributed by atoms with van der Waals surface area (Å²) in [5.41, 5.74) is 2.72. The molecule has 1 aromatic heterocycles. The van der Waals surface area contributed by atoms with Crippen LogP contribution in [0.4, 0.5) is 4.79 Å². The average molecular weight is 440 g/mol. The number of methoxy groups -OCH3 is 1. The van der Waals surface area contributed by atoms with Crippen molar-refractivity contribution in [3.63, 3.8) is 0 Å². The maximum absolute atomic E-state index is 13.1. The molecule has 0 radical (unpaired) electrons. The Morgan fingerprint density at radius 3 is 2.52 bits per heavy atom. The predicted octanol–water partition coefficient (Wildman–Crippen LogP) is 4.39. The number of fused-ring (bicyclic) bond motifs is 1. The second kappa shape index (κ2) is 8.43. The van der Waals surface area contributed by atoms with Gasteiger partial charge in [-0.2, -0.15) is 0 Å². The number of amides is 2. The normalized spacial score (nSPS) is 16.4. The average Bonchev–Trinajstić information content (AvgIpc) is 2.78. The lowest BCUT2D eigenvalue weighted by molar-refractivity contribution is 0.0484. The number of aromatic nitrogens is 1. The summed E-state index contributed by atoms with van der Waals surface area (Å²) in [7, 11) is 1.61. The van der Waals surface area contributed by atoms with E-state index in [-0.39, 0.29) is 11.9 Å². The number of carbonyl (C=O) groups excluding carboxylic acids is 1. The van der Waals surface area contributed by atoms with Crippen LogP contribution in [0.1, 0.15) is 17.3 Å². The zero-order chi connectivity index (χ0) is 22.1. The van der Waals surface area contributed by atoms with Crippen LogP contribution in [0.15, 0.2) is 48.5 Å². The van der Waals surface area contributed by atoms with Gasteiger partial charge in [0.1, 0.15) is 5.75 Å². The highest BCUT2D eigenvalue weighted by atomic mass is 35.5. The first-order valence-electron chi connectivity index (χ1n) is 9.91. The van der Waals surface area contributed by atoms with Crippen molar-refractivity contribution in [2.45, 2.75) is 13.0 Å². The lowest BCUT2D eigenvalue weighted by Gasteiger charge is -2.38. The van der Waals surface area contributed by atoms with Crippen molar-refractivity contribution in [2.75, 3.05) is 26.7 Å². The summed E-state index contributed by atoms with van der Waals surface area (Å²) in [4.78, 5) is 32.1. The molecule has 4 rings (SSSR count). The van der Waals surface area contributed by atoms with Gasteiger partial charge in [0.25, 0.3) is 5.91 Å². The third kappa shape index (κ3) is 4.14. The Kier molecular flexibility index (Phi) is 5.69. The van der Waals surface area contributed by atoms with Crippen LogP contribution in [-0.2, 0) is 0 Å². The van der Waals surface area contributed by atoms with Crippen molar-refractivity contribution in [3.8, 4) is 17.0 Å². The predicted molar refractivity (Wildman–Crippen MR) is 119 cm³/mol. The molecule has 0 aliphatic carbocycles. The molecule has 1 atom stereocenters. The maximum Gasteiger partial charge on any atom is 0.407 e. The molecule has 1 aliphatic heterocycles. The molecule has 2 amide bonds. The largest absolute Gasteiger partial charge is 0.497 e. The first-order chi connectivity index (χ1) is 14.9. The number of hydrogen-bond donors (Lipinski definition) is 1. The Balaban J connectivity index is 1.65. The van der Waals surface area contributed by atoms with Crippen LogP contribution >= 0.6 is 11.6 Å². The van der Waals surface area contributed by atoms with Gasteiger partial charge in [0.05, 0.1) is 23.3 Å². The highest BCUT2D eigenvalue weighted by molar-refractivity contribution is 6.35. The number of halogens is 1. The Bertz CT molecular complexity index is 1150. The minimum atomic E-state index is -0.963. The molecular formula is C23H22ClN3O4. The molecule has 1 fully saturated rings. The number of pyridine rings is 1. The third-order valence-electron chi connectivity index (χ3n) is 5.55. The molecule has 8 heteroatoms. The molecular weight excluding hydrogens is 418 g/mol. The van der Waals surface area contributed by atoms with Gasteiger partial charge in [-0.05, 0) is 49.4 Å². The van der Waals surface area contributed by atoms with Crippen LogP contribution in [0, 0.1) is 0 Å². The number of carboxylic acid groups (broad SMARTS) is 1. The number of piperazine rings is 1. The third-order valence-corrected chi connectivity index (χ3v) is 5.86. The Labute approximate surface area is 184 Å². The topological polar surface area (TPSA) is 83.0 Å². The molecule has 7 nitrogen and oxygen atoms in total. The summed E-state index contributed by atoms with van der Waals surface area (Å²) in [6.45, 7) is 2.79. The lowest BCUT2D eigenvalue weighted by atomic mass is 10.1. The molecule has 3 aromatic rings. The lowest BCUT2D eigenvalue weighted by Crippen LogP contribution is -2.55. The van der Waals surface area contributed by atoms with E-state index >= 15 is 0 Å². The van der Waals surface area contributed by atoms with Crippen LogP contribution in [-0.4, -0.2) is 64.7 Å². The Morgan fingerprint density at radius 1 is 1.13 bits per heavy atom. The Hall–Kier alpha value is -3.32. The van der Waals surface area contributed by atoms with E-state index in [9.17, 15) is 14.7 Å². The van der Waals surface area contributed by atoms with Gasteiger partial charge >= 0.3 is 6.09 Å². The van der Waals surface area contributed by atoms with Gasteiger partial charge in [-0.15, -0.1) is 0 Å². The van der Waals surface area contributed by atoms with E-state index in [0.29, 0.717) is 41.4 Å². The minimum absolute atomic E-state index is 0.146. The second-order valence-electron chi connectivity index (χ2n) is 7.53. The van der Waals surface area contributed by atoms with Crippen molar-refractivity contribution in [2.24, 2.45) is 0 Å². The van der Waals surface area contributed by atoms with Crippen molar-refractivity contribution < 1.29 is 19.4 Å². The summed E-state index contributed by atoms with van der Waals surface area (Å²) in [5.74, 6) is 0.604. The fourth-order valence-corrected chi connectivity index (χ4v) is 4.09. The molecule has 0 saturated carbocycles. The maximum atomic E-state index is 13.1. The molecule has 31 heavy (non-hydrogen) atoms. The molecule has 1 unspecified atom stereocenters. The fourth-order valence-electron chi connectivity index (χ4n) is 3.83. The minimum Gasteiger partial charge on any atom is -0.497 e. The van der Waals surface area contributed by atoms with Gasteiger partial charge in [0.2, 0.25) is 0 Å². The highest BCUT2D eigenvalue weighted by Crippen LogP contribution is 2.30. The van der Waals surface area contributed by atoms with Gasteiger partial charge < -0.3 is 19.6 Å². The number of benzene rings is 2. The van der Waals surface area contributed by atoms with Gasteiger partial charge in [0.15, 0.2) is 0 Å². The zero-order valence-corrected chi connectivity index (χ0v) is 18.0. The van der Waals surface area contributed by atoms with Crippen LogP contribution in [0.25, 0.3) is 22.2 Å². The van der Waals surface area contributed by atoms with Crippen molar-refractivity contribution in [1.82, 2.24) is 14.8 Å². The number of hydrogen-bond acceptors (Lipinski definition) is 4. The van der Waals surface area contributed by atoms with E-state index in [0.717, 1.165) is 16.7 Å². The number of rotatable bonds is 3. The van der Waals surface area contributed by atoms with Crippen LogP contribution in [0.2, 0.25) is 5.02 Å². The monoisotopic (exact) mass is 439 g/mol. The summed E-state index contributed by atoms with van der Waals surface area (Å²) >= 11 is 6.50. The molecule has 160 valence electrons. The molecule has 1 aliphatic rings. The first-order valence-corrected chi connectivity index (χ1v) is 10.3. The van der Waals surface area contributed by atoms with E-state index in [1.165, 1.54) is 4.90 Å². The van der Waals surface area contributed by atoms with Crippen molar-refractivity contribution in [3.05, 3.63) is 59.1 Å². The quantitative estimate of drug-likeness (QED) is 0.654. The van der Waals surface area contributed by atoms with E-state index < -0.39 is 6.09 Å². The molecule has 2 heterocycles. The molecule has 2 aromatic carbocycles. The zero-order valence-electron chi connectivity index (χ0n) is 17.2. The van der Waals surface area contributed by atoms with Crippen LogP contribution in [0.3, 0.4) is 0 Å².